The van der Waals surface area contributed by atoms with Gasteiger partial charge in [0, 0.05) is 20.2 Å². The van der Waals surface area contributed by atoms with Gasteiger partial charge in [0.1, 0.15) is 11.9 Å². The minimum Gasteiger partial charge on any atom is -0.478 e. The van der Waals surface area contributed by atoms with Crippen molar-refractivity contribution in [2.75, 3.05) is 25.1 Å². The van der Waals surface area contributed by atoms with E-state index in [2.05, 4.69) is 4.98 Å². The molecule has 6 heteroatoms. The highest BCUT2D eigenvalue weighted by Gasteiger charge is 2.19. The highest BCUT2D eigenvalue weighted by atomic mass is 16.5. The predicted molar refractivity (Wildman–Crippen MR) is 82.1 cm³/mol. The maximum atomic E-state index is 11.1. The molecule has 0 aliphatic carbocycles. The van der Waals surface area contributed by atoms with Gasteiger partial charge < -0.3 is 14.7 Å². The average molecular weight is 303 g/mol. The quantitative estimate of drug-likeness (QED) is 0.898. The van der Waals surface area contributed by atoms with Crippen LogP contribution in [0.5, 0.6) is 0 Å². The monoisotopic (exact) mass is 303 g/mol. The Morgan fingerprint density at radius 2 is 2.36 bits per heavy atom. The van der Waals surface area contributed by atoms with E-state index in [-0.39, 0.29) is 17.2 Å². The summed E-state index contributed by atoms with van der Waals surface area (Å²) in [6, 6.07) is 3.43. The molecule has 1 aliphatic rings. The van der Waals surface area contributed by atoms with Gasteiger partial charge in [0.15, 0.2) is 0 Å². The second-order valence-corrected chi connectivity index (χ2v) is 5.61. The molecular formula is C16H21N3O3. The van der Waals surface area contributed by atoms with E-state index in [9.17, 15) is 10.1 Å². The number of pyridine rings is 1. The molecule has 1 atom stereocenters. The summed E-state index contributed by atoms with van der Waals surface area (Å²) < 4.78 is 5.71. The summed E-state index contributed by atoms with van der Waals surface area (Å²) in [7, 11) is 1.87. The third-order valence-corrected chi connectivity index (χ3v) is 3.97. The number of hydrogen-bond donors (Lipinski definition) is 1. The van der Waals surface area contributed by atoms with E-state index in [1.54, 1.807) is 6.92 Å². The van der Waals surface area contributed by atoms with Gasteiger partial charge in [-0.2, -0.15) is 5.26 Å². The van der Waals surface area contributed by atoms with Crippen molar-refractivity contribution in [2.45, 2.75) is 38.7 Å². The molecule has 2 rings (SSSR count). The fraction of sp³-hybridized carbons (Fsp3) is 0.562. The number of nitrogens with zero attached hydrogens (tertiary/aromatic N) is 3. The zero-order valence-corrected chi connectivity index (χ0v) is 13.0. The molecule has 22 heavy (non-hydrogen) atoms. The number of hydrogen-bond acceptors (Lipinski definition) is 5. The first-order chi connectivity index (χ1) is 10.5. The van der Waals surface area contributed by atoms with Crippen LogP contribution in [-0.2, 0) is 4.74 Å². The largest absolute Gasteiger partial charge is 0.478 e. The molecule has 1 N–H and O–H groups in total. The minimum atomic E-state index is -1.06. The summed E-state index contributed by atoms with van der Waals surface area (Å²) in [5.41, 5.74) is 0.779. The van der Waals surface area contributed by atoms with E-state index in [0.29, 0.717) is 11.5 Å². The van der Waals surface area contributed by atoms with Gasteiger partial charge in [-0.15, -0.1) is 0 Å². The van der Waals surface area contributed by atoms with Crippen LogP contribution in [0.3, 0.4) is 0 Å². The molecule has 1 aliphatic heterocycles. The fourth-order valence-corrected chi connectivity index (χ4v) is 2.66. The van der Waals surface area contributed by atoms with E-state index in [1.165, 1.54) is 12.5 Å². The molecule has 0 saturated carbocycles. The summed E-state index contributed by atoms with van der Waals surface area (Å²) in [5, 5.41) is 18.4. The number of nitriles is 1. The second kappa shape index (κ2) is 7.23. The molecule has 0 amide bonds. The highest BCUT2D eigenvalue weighted by molar-refractivity contribution is 5.89. The Hall–Kier alpha value is -2.13. The van der Waals surface area contributed by atoms with Gasteiger partial charge in [-0.3, -0.25) is 0 Å². The number of rotatable bonds is 5. The SMILES string of the molecule is Cc1nc(N(C)CCC2CCCCO2)c(C#N)cc1C(=O)O. The Bertz CT molecular complexity index is 589. The van der Waals surface area contributed by atoms with Crippen molar-refractivity contribution >= 4 is 11.8 Å². The fourth-order valence-electron chi connectivity index (χ4n) is 2.66. The number of carboxylic acid groups (broad SMARTS) is 1. The molecular weight excluding hydrogens is 282 g/mol. The predicted octanol–water partition coefficient (Wildman–Crippen LogP) is 2.36. The molecule has 1 aromatic rings. The Balaban J connectivity index is 2.11. The average Bonchev–Trinajstić information content (AvgIpc) is 2.53. The van der Waals surface area contributed by atoms with Crippen LogP contribution in [-0.4, -0.2) is 42.4 Å². The van der Waals surface area contributed by atoms with Crippen LogP contribution in [0.1, 0.15) is 47.3 Å². The number of aromatic nitrogens is 1. The zero-order valence-electron chi connectivity index (χ0n) is 13.0. The zero-order chi connectivity index (χ0) is 16.1. The minimum absolute atomic E-state index is 0.0734. The Morgan fingerprint density at radius 1 is 1.59 bits per heavy atom. The standard InChI is InChI=1S/C16H21N3O3/c1-11-14(16(20)21)9-12(10-17)15(18-11)19(2)7-6-13-5-3-4-8-22-13/h9,13H,3-8H2,1-2H3,(H,20,21). The summed E-state index contributed by atoms with van der Waals surface area (Å²) in [6.07, 6.45) is 4.54. The molecule has 0 aromatic carbocycles. The molecule has 1 saturated heterocycles. The summed E-state index contributed by atoms with van der Waals surface area (Å²) in [6.45, 7) is 3.19. The molecule has 0 bridgehead atoms. The van der Waals surface area contributed by atoms with Crippen molar-refractivity contribution in [2.24, 2.45) is 0 Å². The Kier molecular flexibility index (Phi) is 5.34. The van der Waals surface area contributed by atoms with E-state index in [1.807, 2.05) is 18.0 Å². The van der Waals surface area contributed by atoms with E-state index < -0.39 is 5.97 Å². The third-order valence-electron chi connectivity index (χ3n) is 3.97. The highest BCUT2D eigenvalue weighted by Crippen LogP contribution is 2.22. The number of carbonyl (C=O) groups is 1. The summed E-state index contributed by atoms with van der Waals surface area (Å²) in [4.78, 5) is 17.3. The third kappa shape index (κ3) is 3.74. The Labute approximate surface area is 130 Å². The van der Waals surface area contributed by atoms with Crippen molar-refractivity contribution < 1.29 is 14.6 Å². The molecule has 6 nitrogen and oxygen atoms in total. The van der Waals surface area contributed by atoms with Gasteiger partial charge in [-0.05, 0) is 38.7 Å². The lowest BCUT2D eigenvalue weighted by Crippen LogP contribution is -2.28. The summed E-state index contributed by atoms with van der Waals surface area (Å²) in [5.74, 6) is -0.535. The van der Waals surface area contributed by atoms with Crippen LogP contribution in [0.4, 0.5) is 5.82 Å². The van der Waals surface area contributed by atoms with Gasteiger partial charge >= 0.3 is 5.97 Å². The molecule has 118 valence electrons. The first-order valence-corrected chi connectivity index (χ1v) is 7.50. The molecule has 1 aromatic heterocycles. The van der Waals surface area contributed by atoms with E-state index >= 15 is 0 Å². The van der Waals surface area contributed by atoms with Crippen molar-refractivity contribution in [3.63, 3.8) is 0 Å². The first kappa shape index (κ1) is 16.2. The van der Waals surface area contributed by atoms with Gasteiger partial charge in [0.25, 0.3) is 0 Å². The van der Waals surface area contributed by atoms with Crippen LogP contribution in [0.25, 0.3) is 0 Å². The van der Waals surface area contributed by atoms with Crippen LogP contribution in [0.15, 0.2) is 6.07 Å². The topological polar surface area (TPSA) is 86.5 Å². The lowest BCUT2D eigenvalue weighted by molar-refractivity contribution is 0.0126. The smallest absolute Gasteiger partial charge is 0.337 e. The van der Waals surface area contributed by atoms with Crippen LogP contribution < -0.4 is 4.90 Å². The van der Waals surface area contributed by atoms with Gasteiger partial charge in [-0.25, -0.2) is 9.78 Å². The van der Waals surface area contributed by atoms with Crippen molar-refractivity contribution in [3.8, 4) is 6.07 Å². The molecule has 1 unspecified atom stereocenters. The van der Waals surface area contributed by atoms with Crippen LogP contribution >= 0.6 is 0 Å². The van der Waals surface area contributed by atoms with Crippen molar-refractivity contribution in [3.05, 3.63) is 22.9 Å². The second-order valence-electron chi connectivity index (χ2n) is 5.61. The van der Waals surface area contributed by atoms with Crippen molar-refractivity contribution in [1.29, 1.82) is 5.26 Å². The Morgan fingerprint density at radius 3 is 2.95 bits per heavy atom. The maximum Gasteiger partial charge on any atom is 0.337 e. The number of ether oxygens (including phenoxy) is 1. The first-order valence-electron chi connectivity index (χ1n) is 7.50. The van der Waals surface area contributed by atoms with Gasteiger partial charge in [0.2, 0.25) is 0 Å². The lowest BCUT2D eigenvalue weighted by Gasteiger charge is -2.26. The van der Waals surface area contributed by atoms with Crippen molar-refractivity contribution in [1.82, 2.24) is 4.98 Å². The summed E-state index contributed by atoms with van der Waals surface area (Å²) >= 11 is 0. The number of carboxylic acids is 1. The van der Waals surface area contributed by atoms with Gasteiger partial charge in [0.05, 0.1) is 22.9 Å². The molecule has 0 radical (unpaired) electrons. The molecule has 0 spiro atoms. The normalized spacial score (nSPS) is 17.8. The van der Waals surface area contributed by atoms with Crippen LogP contribution in [0.2, 0.25) is 0 Å². The number of anilines is 1. The van der Waals surface area contributed by atoms with Gasteiger partial charge in [-0.1, -0.05) is 0 Å². The lowest BCUT2D eigenvalue weighted by atomic mass is 10.1. The number of aromatic carboxylic acids is 1. The number of aryl methyl sites for hydroxylation is 1. The van der Waals surface area contributed by atoms with Crippen LogP contribution in [0, 0.1) is 18.3 Å². The molecule has 2 heterocycles. The maximum absolute atomic E-state index is 11.1. The van der Waals surface area contributed by atoms with E-state index in [4.69, 9.17) is 9.84 Å². The molecule has 1 fully saturated rings. The van der Waals surface area contributed by atoms with E-state index in [0.717, 1.165) is 32.4 Å².